The van der Waals surface area contributed by atoms with Crippen LogP contribution in [0.15, 0.2) is 79.0 Å². The first-order chi connectivity index (χ1) is 17.8. The van der Waals surface area contributed by atoms with Gasteiger partial charge in [-0.25, -0.2) is 13.9 Å². The molecule has 1 fully saturated rings. The third kappa shape index (κ3) is 4.68. The first-order valence-corrected chi connectivity index (χ1v) is 12.1. The van der Waals surface area contributed by atoms with E-state index in [0.717, 1.165) is 5.56 Å². The Bertz CT molecular complexity index is 1480. The number of aromatic nitrogens is 2. The van der Waals surface area contributed by atoms with Crippen molar-refractivity contribution in [1.29, 1.82) is 0 Å². The molecule has 1 aliphatic carbocycles. The van der Waals surface area contributed by atoms with E-state index in [4.69, 9.17) is 16.3 Å². The zero-order valence-corrected chi connectivity index (χ0v) is 20.6. The molecule has 9 heteroatoms. The highest BCUT2D eigenvalue weighted by Gasteiger charge is 2.53. The molecule has 4 aromatic rings. The third-order valence-corrected chi connectivity index (χ3v) is 6.86. The van der Waals surface area contributed by atoms with Crippen molar-refractivity contribution in [3.63, 3.8) is 0 Å². The molecule has 3 aromatic carbocycles. The summed E-state index contributed by atoms with van der Waals surface area (Å²) in [5.41, 5.74) is 1.54. The van der Waals surface area contributed by atoms with Gasteiger partial charge in [0.1, 0.15) is 16.9 Å². The summed E-state index contributed by atoms with van der Waals surface area (Å²) < 4.78 is 22.1. The number of carboxylic acids is 1. The number of nitrogens with one attached hydrogen (secondary N) is 1. The second-order valence-corrected chi connectivity index (χ2v) is 9.34. The molecule has 7 nitrogen and oxygen atoms in total. The zero-order chi connectivity index (χ0) is 26.2. The van der Waals surface area contributed by atoms with Gasteiger partial charge in [-0.05, 0) is 43.0 Å². The lowest BCUT2D eigenvalue weighted by Crippen LogP contribution is -2.21. The Labute approximate surface area is 217 Å². The quantitative estimate of drug-likeness (QED) is 0.281. The lowest BCUT2D eigenvalue weighted by Gasteiger charge is -2.17. The molecule has 1 saturated carbocycles. The molecule has 1 atom stereocenters. The van der Waals surface area contributed by atoms with Gasteiger partial charge in [0.25, 0.3) is 0 Å². The minimum absolute atomic E-state index is 0.181. The largest absolute Gasteiger partial charge is 0.481 e. The summed E-state index contributed by atoms with van der Waals surface area (Å²) in [7, 11) is 0. The smallest absolute Gasteiger partial charge is 0.413 e. The van der Waals surface area contributed by atoms with Gasteiger partial charge in [-0.2, -0.15) is 5.10 Å². The Balaban J connectivity index is 1.44. The molecule has 1 unspecified atom stereocenters. The van der Waals surface area contributed by atoms with E-state index in [2.05, 4.69) is 10.4 Å². The van der Waals surface area contributed by atoms with Crippen LogP contribution in [0, 0.1) is 5.82 Å². The fourth-order valence-corrected chi connectivity index (χ4v) is 4.57. The van der Waals surface area contributed by atoms with Crippen molar-refractivity contribution in [3.8, 4) is 16.8 Å². The lowest BCUT2D eigenvalue weighted by atomic mass is 9.92. The van der Waals surface area contributed by atoms with Crippen LogP contribution in [0.3, 0.4) is 0 Å². The van der Waals surface area contributed by atoms with Crippen LogP contribution < -0.4 is 5.32 Å². The summed E-state index contributed by atoms with van der Waals surface area (Å²) in [6, 6.07) is 21.0. The van der Waals surface area contributed by atoms with Crippen LogP contribution in [0.5, 0.6) is 0 Å². The predicted octanol–water partition coefficient (Wildman–Crippen LogP) is 6.76. The van der Waals surface area contributed by atoms with Crippen molar-refractivity contribution in [2.45, 2.75) is 31.3 Å². The summed E-state index contributed by atoms with van der Waals surface area (Å²) >= 11 is 6.35. The van der Waals surface area contributed by atoms with Crippen molar-refractivity contribution >= 4 is 29.5 Å². The highest BCUT2D eigenvalue weighted by molar-refractivity contribution is 6.33. The molecule has 1 aliphatic rings. The fraction of sp³-hybridized carbons (Fsp3) is 0.179. The second kappa shape index (κ2) is 9.71. The number of rotatable bonds is 7. The summed E-state index contributed by atoms with van der Waals surface area (Å²) in [6.07, 6.45) is 1.01. The standard InChI is InChI=1S/C28H23ClFN3O4/c1-17(18-7-3-2-4-8-18)37-27(36)32-25-22(29)16-31-33(25)24-10-6-5-9-20(24)19-11-12-21(23(30)15-19)28(13-14-28)26(34)35/h2-12,15-17H,13-14H2,1H3,(H,32,36)(H,34,35). The maximum absolute atomic E-state index is 15.1. The number of carboxylic acid groups (broad SMARTS) is 1. The average Bonchev–Trinajstić information content (AvgIpc) is 3.63. The van der Waals surface area contributed by atoms with Crippen molar-refractivity contribution in [2.75, 3.05) is 5.32 Å². The Kier molecular flexibility index (Phi) is 6.43. The topological polar surface area (TPSA) is 93.5 Å². The molecule has 0 saturated heterocycles. The SMILES string of the molecule is CC(OC(=O)Nc1c(Cl)cnn1-c1ccccc1-c1ccc(C2(C(=O)O)CC2)c(F)c1)c1ccccc1. The van der Waals surface area contributed by atoms with E-state index in [9.17, 15) is 14.7 Å². The number of para-hydroxylation sites is 1. The normalized spacial score (nSPS) is 14.6. The molecular formula is C28H23ClFN3O4. The number of ether oxygens (including phenoxy) is 1. The Morgan fingerprint density at radius 3 is 2.49 bits per heavy atom. The highest BCUT2D eigenvalue weighted by atomic mass is 35.5. The first kappa shape index (κ1) is 24.5. The van der Waals surface area contributed by atoms with Gasteiger partial charge < -0.3 is 9.84 Å². The van der Waals surface area contributed by atoms with Crippen LogP contribution in [-0.2, 0) is 14.9 Å². The van der Waals surface area contributed by atoms with Gasteiger partial charge in [0.2, 0.25) is 0 Å². The Morgan fingerprint density at radius 1 is 1.11 bits per heavy atom. The van der Waals surface area contributed by atoms with E-state index in [0.29, 0.717) is 29.7 Å². The molecule has 5 rings (SSSR count). The highest BCUT2D eigenvalue weighted by Crippen LogP contribution is 2.49. The molecule has 1 aromatic heterocycles. The lowest BCUT2D eigenvalue weighted by molar-refractivity contribution is -0.140. The molecule has 2 N–H and O–H groups in total. The number of carbonyl (C=O) groups excluding carboxylic acids is 1. The van der Waals surface area contributed by atoms with Gasteiger partial charge in [-0.15, -0.1) is 0 Å². The van der Waals surface area contributed by atoms with Crippen molar-refractivity contribution in [3.05, 3.63) is 101 Å². The summed E-state index contributed by atoms with van der Waals surface area (Å²) in [6.45, 7) is 1.76. The Morgan fingerprint density at radius 2 is 1.81 bits per heavy atom. The van der Waals surface area contributed by atoms with E-state index in [1.165, 1.54) is 23.0 Å². The van der Waals surface area contributed by atoms with Crippen LogP contribution in [-0.4, -0.2) is 26.9 Å². The second-order valence-electron chi connectivity index (χ2n) is 8.94. The van der Waals surface area contributed by atoms with Gasteiger partial charge in [-0.1, -0.05) is 72.3 Å². The first-order valence-electron chi connectivity index (χ1n) is 11.7. The monoisotopic (exact) mass is 519 g/mol. The maximum atomic E-state index is 15.1. The number of carbonyl (C=O) groups is 2. The summed E-state index contributed by atoms with van der Waals surface area (Å²) in [5, 5.41) is 16.7. The van der Waals surface area contributed by atoms with Crippen molar-refractivity contribution in [2.24, 2.45) is 0 Å². The van der Waals surface area contributed by atoms with Crippen LogP contribution in [0.1, 0.15) is 37.0 Å². The number of nitrogens with zero attached hydrogens (tertiary/aromatic N) is 2. The molecule has 37 heavy (non-hydrogen) atoms. The van der Waals surface area contributed by atoms with Crippen LogP contribution >= 0.6 is 11.6 Å². The number of hydrogen-bond acceptors (Lipinski definition) is 4. The molecule has 0 spiro atoms. The molecular weight excluding hydrogens is 497 g/mol. The van der Waals surface area contributed by atoms with Gasteiger partial charge in [0, 0.05) is 11.1 Å². The minimum atomic E-state index is -1.15. The van der Waals surface area contributed by atoms with E-state index in [1.807, 2.05) is 30.3 Å². The van der Waals surface area contributed by atoms with Gasteiger partial charge in [0.05, 0.1) is 17.3 Å². The molecule has 0 aliphatic heterocycles. The zero-order valence-electron chi connectivity index (χ0n) is 19.8. The molecule has 0 bridgehead atoms. The number of amides is 1. The number of hydrogen-bond donors (Lipinski definition) is 2. The summed E-state index contributed by atoms with van der Waals surface area (Å²) in [4.78, 5) is 24.4. The predicted molar refractivity (Wildman–Crippen MR) is 137 cm³/mol. The van der Waals surface area contributed by atoms with Crippen LogP contribution in [0.4, 0.5) is 15.0 Å². The molecule has 1 amide bonds. The van der Waals surface area contributed by atoms with Crippen molar-refractivity contribution in [1.82, 2.24) is 9.78 Å². The van der Waals surface area contributed by atoms with Crippen molar-refractivity contribution < 1.29 is 23.8 Å². The fourth-order valence-electron chi connectivity index (χ4n) is 4.40. The number of anilines is 1. The van der Waals surface area contributed by atoms with Crippen LogP contribution in [0.25, 0.3) is 16.8 Å². The summed E-state index contributed by atoms with van der Waals surface area (Å²) in [5.74, 6) is -1.41. The molecule has 1 heterocycles. The van der Waals surface area contributed by atoms with Gasteiger partial charge in [0.15, 0.2) is 5.82 Å². The van der Waals surface area contributed by atoms with E-state index in [-0.39, 0.29) is 16.4 Å². The molecule has 0 radical (unpaired) electrons. The Hall–Kier alpha value is -4.17. The maximum Gasteiger partial charge on any atom is 0.413 e. The third-order valence-electron chi connectivity index (χ3n) is 6.59. The van der Waals surface area contributed by atoms with E-state index in [1.54, 1.807) is 37.3 Å². The van der Waals surface area contributed by atoms with Gasteiger partial charge in [-0.3, -0.25) is 10.1 Å². The van der Waals surface area contributed by atoms with E-state index < -0.39 is 29.4 Å². The number of benzene rings is 3. The minimum Gasteiger partial charge on any atom is -0.481 e. The molecule has 188 valence electrons. The van der Waals surface area contributed by atoms with Gasteiger partial charge >= 0.3 is 12.1 Å². The number of halogens is 2. The van der Waals surface area contributed by atoms with E-state index >= 15 is 4.39 Å². The average molecular weight is 520 g/mol. The van der Waals surface area contributed by atoms with Crippen LogP contribution in [0.2, 0.25) is 5.02 Å². The number of aliphatic carboxylic acids is 1.